The molecule has 0 aliphatic rings. The molecule has 1 aromatic carbocycles. The largest absolute Gasteiger partial charge is 0.318 e. The maximum Gasteiger partial charge on any atom is 0.114 e. The Hall–Kier alpha value is -0.710. The van der Waals surface area contributed by atoms with Crippen LogP contribution in [0, 0.1) is 6.92 Å². The number of halogens is 1. The van der Waals surface area contributed by atoms with Crippen LogP contribution < -0.4 is 5.73 Å². The molecule has 0 aliphatic heterocycles. The predicted molar refractivity (Wildman–Crippen MR) is 67.0 cm³/mol. The van der Waals surface area contributed by atoms with Crippen LogP contribution in [0.1, 0.15) is 21.5 Å². The molecule has 0 saturated carbocycles. The standard InChI is InChI=1S/C11H11BrN2S/c1-7-6-14-11(15-7)10(13)8-2-4-9(12)5-3-8/h2-6,10H,13H2,1H3. The first-order valence-corrected chi connectivity index (χ1v) is 6.21. The van der Waals surface area contributed by atoms with E-state index in [0.717, 1.165) is 15.0 Å². The molecule has 1 heterocycles. The average Bonchev–Trinajstić information content (AvgIpc) is 2.65. The molecular formula is C11H11BrN2S. The second kappa shape index (κ2) is 4.43. The summed E-state index contributed by atoms with van der Waals surface area (Å²) in [6, 6.07) is 7.92. The molecule has 1 aromatic heterocycles. The highest BCUT2D eigenvalue weighted by molar-refractivity contribution is 9.10. The van der Waals surface area contributed by atoms with E-state index in [1.807, 2.05) is 37.4 Å². The minimum Gasteiger partial charge on any atom is -0.318 e. The molecule has 0 spiro atoms. The lowest BCUT2D eigenvalue weighted by Crippen LogP contribution is -2.11. The lowest BCUT2D eigenvalue weighted by molar-refractivity contribution is 0.857. The number of nitrogens with two attached hydrogens (primary N) is 1. The number of rotatable bonds is 2. The molecule has 1 unspecified atom stereocenters. The minimum atomic E-state index is -0.114. The monoisotopic (exact) mass is 282 g/mol. The van der Waals surface area contributed by atoms with Crippen LogP contribution in [-0.2, 0) is 0 Å². The Bertz CT molecular complexity index is 450. The van der Waals surface area contributed by atoms with Gasteiger partial charge in [0.05, 0.1) is 6.04 Å². The molecule has 2 nitrogen and oxygen atoms in total. The minimum absolute atomic E-state index is 0.114. The van der Waals surface area contributed by atoms with E-state index in [4.69, 9.17) is 5.73 Å². The first kappa shape index (κ1) is 10.8. The second-order valence-electron chi connectivity index (χ2n) is 3.34. The summed E-state index contributed by atoms with van der Waals surface area (Å²) in [7, 11) is 0. The van der Waals surface area contributed by atoms with E-state index < -0.39 is 0 Å². The zero-order chi connectivity index (χ0) is 10.8. The van der Waals surface area contributed by atoms with Gasteiger partial charge in [0.25, 0.3) is 0 Å². The lowest BCUT2D eigenvalue weighted by Gasteiger charge is -2.08. The number of hydrogen-bond donors (Lipinski definition) is 1. The topological polar surface area (TPSA) is 38.9 Å². The molecule has 2 rings (SSSR count). The van der Waals surface area contributed by atoms with Crippen molar-refractivity contribution in [3.05, 3.63) is 50.4 Å². The lowest BCUT2D eigenvalue weighted by atomic mass is 10.1. The number of hydrogen-bond acceptors (Lipinski definition) is 3. The van der Waals surface area contributed by atoms with Crippen molar-refractivity contribution in [3.8, 4) is 0 Å². The van der Waals surface area contributed by atoms with Gasteiger partial charge >= 0.3 is 0 Å². The summed E-state index contributed by atoms with van der Waals surface area (Å²) in [5.41, 5.74) is 7.20. The van der Waals surface area contributed by atoms with Crippen molar-refractivity contribution in [1.82, 2.24) is 4.98 Å². The third-order valence-corrected chi connectivity index (χ3v) is 3.66. The Kier molecular flexibility index (Phi) is 3.19. The quantitative estimate of drug-likeness (QED) is 0.918. The maximum atomic E-state index is 6.11. The second-order valence-corrected chi connectivity index (χ2v) is 5.52. The number of nitrogens with zero attached hydrogens (tertiary/aromatic N) is 1. The molecule has 0 bridgehead atoms. The zero-order valence-corrected chi connectivity index (χ0v) is 10.7. The van der Waals surface area contributed by atoms with Crippen molar-refractivity contribution in [2.75, 3.05) is 0 Å². The molecular weight excluding hydrogens is 272 g/mol. The summed E-state index contributed by atoms with van der Waals surface area (Å²) in [5.74, 6) is 0. The zero-order valence-electron chi connectivity index (χ0n) is 8.27. The van der Waals surface area contributed by atoms with Gasteiger partial charge in [0.1, 0.15) is 5.01 Å². The van der Waals surface area contributed by atoms with Gasteiger partial charge in [-0.25, -0.2) is 4.98 Å². The Morgan fingerprint density at radius 3 is 2.53 bits per heavy atom. The Balaban J connectivity index is 2.28. The van der Waals surface area contributed by atoms with E-state index in [1.54, 1.807) is 11.3 Å². The number of benzene rings is 1. The van der Waals surface area contributed by atoms with Gasteiger partial charge in [-0.1, -0.05) is 28.1 Å². The van der Waals surface area contributed by atoms with Gasteiger partial charge in [-0.05, 0) is 24.6 Å². The van der Waals surface area contributed by atoms with Gasteiger partial charge in [-0.15, -0.1) is 11.3 Å². The number of aryl methyl sites for hydroxylation is 1. The van der Waals surface area contributed by atoms with Crippen LogP contribution in [0.5, 0.6) is 0 Å². The molecule has 0 fully saturated rings. The van der Waals surface area contributed by atoms with Gasteiger partial charge < -0.3 is 5.73 Å². The van der Waals surface area contributed by atoms with Crippen LogP contribution in [0.4, 0.5) is 0 Å². The van der Waals surface area contributed by atoms with E-state index in [0.29, 0.717) is 0 Å². The van der Waals surface area contributed by atoms with E-state index >= 15 is 0 Å². The first-order valence-electron chi connectivity index (χ1n) is 4.60. The fraction of sp³-hybridized carbons (Fsp3) is 0.182. The summed E-state index contributed by atoms with van der Waals surface area (Å²) in [5, 5.41) is 0.967. The van der Waals surface area contributed by atoms with Crippen molar-refractivity contribution < 1.29 is 0 Å². The Morgan fingerprint density at radius 1 is 1.33 bits per heavy atom. The average molecular weight is 283 g/mol. The number of thiazole rings is 1. The van der Waals surface area contributed by atoms with Crippen LogP contribution >= 0.6 is 27.3 Å². The summed E-state index contributed by atoms with van der Waals surface area (Å²) >= 11 is 5.05. The van der Waals surface area contributed by atoms with E-state index in [9.17, 15) is 0 Å². The predicted octanol–water partition coefficient (Wildman–Crippen LogP) is 3.26. The summed E-state index contributed by atoms with van der Waals surface area (Å²) in [6.45, 7) is 2.04. The normalized spacial score (nSPS) is 12.7. The van der Waals surface area contributed by atoms with Gasteiger partial charge in [-0.2, -0.15) is 0 Å². The first-order chi connectivity index (χ1) is 7.16. The van der Waals surface area contributed by atoms with Gasteiger partial charge in [0.2, 0.25) is 0 Å². The summed E-state index contributed by atoms with van der Waals surface area (Å²) < 4.78 is 1.06. The molecule has 1 atom stereocenters. The van der Waals surface area contributed by atoms with Crippen LogP contribution in [0.2, 0.25) is 0 Å². The molecule has 2 N–H and O–H groups in total. The van der Waals surface area contributed by atoms with Gasteiger partial charge in [-0.3, -0.25) is 0 Å². The van der Waals surface area contributed by atoms with Crippen molar-refractivity contribution in [3.63, 3.8) is 0 Å². The highest BCUT2D eigenvalue weighted by atomic mass is 79.9. The van der Waals surface area contributed by atoms with Gasteiger partial charge in [0, 0.05) is 15.5 Å². The van der Waals surface area contributed by atoms with E-state index in [1.165, 1.54) is 4.88 Å². The molecule has 15 heavy (non-hydrogen) atoms. The maximum absolute atomic E-state index is 6.11. The van der Waals surface area contributed by atoms with Crippen molar-refractivity contribution in [2.45, 2.75) is 13.0 Å². The van der Waals surface area contributed by atoms with Crippen LogP contribution in [-0.4, -0.2) is 4.98 Å². The Labute approximate surface area is 101 Å². The molecule has 78 valence electrons. The van der Waals surface area contributed by atoms with E-state index in [2.05, 4.69) is 20.9 Å². The highest BCUT2D eigenvalue weighted by Gasteiger charge is 2.11. The third kappa shape index (κ3) is 2.45. The smallest absolute Gasteiger partial charge is 0.114 e. The summed E-state index contributed by atoms with van der Waals surface area (Å²) in [4.78, 5) is 5.49. The molecule has 4 heteroatoms. The van der Waals surface area contributed by atoms with Crippen molar-refractivity contribution in [2.24, 2.45) is 5.73 Å². The molecule has 0 radical (unpaired) electrons. The molecule has 0 saturated heterocycles. The number of aromatic nitrogens is 1. The molecule has 2 aromatic rings. The molecule has 0 aliphatic carbocycles. The highest BCUT2D eigenvalue weighted by Crippen LogP contribution is 2.24. The Morgan fingerprint density at radius 2 is 2.00 bits per heavy atom. The molecule has 0 amide bonds. The third-order valence-electron chi connectivity index (χ3n) is 2.13. The fourth-order valence-electron chi connectivity index (χ4n) is 1.33. The summed E-state index contributed by atoms with van der Waals surface area (Å²) in [6.07, 6.45) is 1.86. The van der Waals surface area contributed by atoms with E-state index in [-0.39, 0.29) is 6.04 Å². The van der Waals surface area contributed by atoms with Crippen molar-refractivity contribution >= 4 is 27.3 Å². The van der Waals surface area contributed by atoms with Crippen LogP contribution in [0.25, 0.3) is 0 Å². The van der Waals surface area contributed by atoms with Crippen LogP contribution in [0.15, 0.2) is 34.9 Å². The van der Waals surface area contributed by atoms with Gasteiger partial charge in [0.15, 0.2) is 0 Å². The van der Waals surface area contributed by atoms with Crippen molar-refractivity contribution in [1.29, 1.82) is 0 Å². The fourth-order valence-corrected chi connectivity index (χ4v) is 2.40. The van der Waals surface area contributed by atoms with Crippen LogP contribution in [0.3, 0.4) is 0 Å². The SMILES string of the molecule is Cc1cnc(C(N)c2ccc(Br)cc2)s1.